The fourth-order valence-corrected chi connectivity index (χ4v) is 2.51. The molecular weight excluding hydrogens is 327 g/mol. The van der Waals surface area contributed by atoms with E-state index in [0.717, 1.165) is 0 Å². The SMILES string of the molecule is CC1(O)CCN(CC(=O)Nc2ccc(Br)cc2F)CC1. The molecule has 1 aromatic rings. The minimum atomic E-state index is -0.634. The first-order valence-electron chi connectivity index (χ1n) is 6.55. The van der Waals surface area contributed by atoms with Crippen molar-refractivity contribution >= 4 is 27.5 Å². The molecule has 1 aromatic carbocycles. The topological polar surface area (TPSA) is 52.6 Å². The fourth-order valence-electron chi connectivity index (χ4n) is 2.18. The number of aliphatic hydroxyl groups is 1. The zero-order valence-electron chi connectivity index (χ0n) is 11.3. The average molecular weight is 345 g/mol. The third kappa shape index (κ3) is 4.26. The van der Waals surface area contributed by atoms with Gasteiger partial charge in [-0.3, -0.25) is 9.69 Å². The predicted octanol–water partition coefficient (Wildman–Crippen LogP) is 2.37. The molecule has 0 aliphatic carbocycles. The summed E-state index contributed by atoms with van der Waals surface area (Å²) in [5.74, 6) is -0.706. The van der Waals surface area contributed by atoms with Crippen LogP contribution in [0.25, 0.3) is 0 Å². The van der Waals surface area contributed by atoms with E-state index in [1.54, 1.807) is 6.07 Å². The quantitative estimate of drug-likeness (QED) is 0.885. The number of halogens is 2. The second-order valence-electron chi connectivity index (χ2n) is 5.45. The van der Waals surface area contributed by atoms with E-state index in [2.05, 4.69) is 21.2 Å². The van der Waals surface area contributed by atoms with Crippen molar-refractivity contribution in [2.24, 2.45) is 0 Å². The maximum atomic E-state index is 13.6. The molecule has 0 saturated carbocycles. The smallest absolute Gasteiger partial charge is 0.238 e. The summed E-state index contributed by atoms with van der Waals surface area (Å²) in [5, 5.41) is 12.4. The molecule has 4 nitrogen and oxygen atoms in total. The van der Waals surface area contributed by atoms with E-state index in [1.165, 1.54) is 12.1 Å². The van der Waals surface area contributed by atoms with Crippen LogP contribution >= 0.6 is 15.9 Å². The van der Waals surface area contributed by atoms with Crippen molar-refractivity contribution in [1.29, 1.82) is 0 Å². The van der Waals surface area contributed by atoms with Gasteiger partial charge in [0.05, 0.1) is 17.8 Å². The van der Waals surface area contributed by atoms with Crippen molar-refractivity contribution in [3.8, 4) is 0 Å². The molecule has 0 spiro atoms. The summed E-state index contributed by atoms with van der Waals surface area (Å²) < 4.78 is 14.2. The molecule has 1 amide bonds. The van der Waals surface area contributed by atoms with E-state index in [0.29, 0.717) is 30.4 Å². The summed E-state index contributed by atoms with van der Waals surface area (Å²) in [6, 6.07) is 4.52. The van der Waals surface area contributed by atoms with Gasteiger partial charge < -0.3 is 10.4 Å². The van der Waals surface area contributed by atoms with Crippen LogP contribution in [-0.2, 0) is 4.79 Å². The molecule has 0 aromatic heterocycles. The molecule has 1 aliphatic heterocycles. The second-order valence-corrected chi connectivity index (χ2v) is 6.36. The highest BCUT2D eigenvalue weighted by Gasteiger charge is 2.28. The van der Waals surface area contributed by atoms with Gasteiger partial charge in [0.1, 0.15) is 5.82 Å². The molecule has 0 radical (unpaired) electrons. The molecule has 20 heavy (non-hydrogen) atoms. The van der Waals surface area contributed by atoms with Crippen LogP contribution in [0.3, 0.4) is 0 Å². The lowest BCUT2D eigenvalue weighted by molar-refractivity contribution is -0.118. The highest BCUT2D eigenvalue weighted by atomic mass is 79.9. The zero-order chi connectivity index (χ0) is 14.8. The number of nitrogens with one attached hydrogen (secondary N) is 1. The van der Waals surface area contributed by atoms with Gasteiger partial charge in [-0.1, -0.05) is 15.9 Å². The molecule has 6 heteroatoms. The van der Waals surface area contributed by atoms with Crippen LogP contribution in [0.5, 0.6) is 0 Å². The normalized spacial score (nSPS) is 18.8. The Morgan fingerprint density at radius 1 is 1.50 bits per heavy atom. The van der Waals surface area contributed by atoms with E-state index < -0.39 is 11.4 Å². The minimum Gasteiger partial charge on any atom is -0.390 e. The van der Waals surface area contributed by atoms with Crippen LogP contribution in [0.2, 0.25) is 0 Å². The lowest BCUT2D eigenvalue weighted by atomic mass is 9.94. The van der Waals surface area contributed by atoms with Crippen LogP contribution in [0.15, 0.2) is 22.7 Å². The summed E-state index contributed by atoms with van der Waals surface area (Å²) in [5.41, 5.74) is -0.452. The molecule has 2 N–H and O–H groups in total. The number of piperidine rings is 1. The highest BCUT2D eigenvalue weighted by molar-refractivity contribution is 9.10. The van der Waals surface area contributed by atoms with Gasteiger partial charge in [0, 0.05) is 17.6 Å². The van der Waals surface area contributed by atoms with E-state index in [4.69, 9.17) is 0 Å². The zero-order valence-corrected chi connectivity index (χ0v) is 12.9. The van der Waals surface area contributed by atoms with Gasteiger partial charge >= 0.3 is 0 Å². The van der Waals surface area contributed by atoms with Crippen molar-refractivity contribution in [2.45, 2.75) is 25.4 Å². The van der Waals surface area contributed by atoms with E-state index >= 15 is 0 Å². The standard InChI is InChI=1S/C14H18BrFN2O2/c1-14(20)4-6-18(7-5-14)9-13(19)17-12-3-2-10(15)8-11(12)16/h2-3,8,20H,4-7,9H2,1H3,(H,17,19). The number of benzene rings is 1. The summed E-state index contributed by atoms with van der Waals surface area (Å²) in [6.07, 6.45) is 1.29. The first-order valence-corrected chi connectivity index (χ1v) is 7.35. The summed E-state index contributed by atoms with van der Waals surface area (Å²) >= 11 is 3.17. The lowest BCUT2D eigenvalue weighted by Crippen LogP contribution is -2.45. The molecule has 0 bridgehead atoms. The molecule has 1 aliphatic rings. The Balaban J connectivity index is 1.87. The van der Waals surface area contributed by atoms with E-state index in [1.807, 2.05) is 11.8 Å². The maximum absolute atomic E-state index is 13.6. The van der Waals surface area contributed by atoms with Gasteiger partial charge in [0.25, 0.3) is 0 Å². The maximum Gasteiger partial charge on any atom is 0.238 e. The van der Waals surface area contributed by atoms with Crippen LogP contribution < -0.4 is 5.32 Å². The molecule has 1 fully saturated rings. The Morgan fingerprint density at radius 3 is 2.75 bits per heavy atom. The van der Waals surface area contributed by atoms with Crippen molar-refractivity contribution in [3.05, 3.63) is 28.5 Å². The number of hydrogen-bond acceptors (Lipinski definition) is 3. The van der Waals surface area contributed by atoms with Gasteiger partial charge in [-0.2, -0.15) is 0 Å². The lowest BCUT2D eigenvalue weighted by Gasteiger charge is -2.35. The molecule has 1 saturated heterocycles. The molecule has 1 heterocycles. The van der Waals surface area contributed by atoms with Gasteiger partial charge in [0.15, 0.2) is 0 Å². The third-order valence-electron chi connectivity index (χ3n) is 3.51. The third-order valence-corrected chi connectivity index (χ3v) is 4.00. The van der Waals surface area contributed by atoms with Crippen LogP contribution in [0, 0.1) is 5.82 Å². The first-order chi connectivity index (χ1) is 9.35. The Morgan fingerprint density at radius 2 is 2.15 bits per heavy atom. The van der Waals surface area contributed by atoms with Crippen LogP contribution in [-0.4, -0.2) is 41.1 Å². The Bertz CT molecular complexity index is 498. The second kappa shape index (κ2) is 6.20. The number of rotatable bonds is 3. The predicted molar refractivity (Wildman–Crippen MR) is 79.0 cm³/mol. The Labute approximate surface area is 126 Å². The van der Waals surface area contributed by atoms with Gasteiger partial charge in [-0.25, -0.2) is 4.39 Å². The summed E-state index contributed by atoms with van der Waals surface area (Å²) in [4.78, 5) is 13.8. The van der Waals surface area contributed by atoms with E-state index in [9.17, 15) is 14.3 Å². The van der Waals surface area contributed by atoms with Crippen molar-refractivity contribution in [3.63, 3.8) is 0 Å². The largest absolute Gasteiger partial charge is 0.390 e. The summed E-state index contributed by atoms with van der Waals surface area (Å²) in [6.45, 7) is 3.36. The minimum absolute atomic E-state index is 0.183. The Kier molecular flexibility index (Phi) is 4.78. The molecule has 2 rings (SSSR count). The molecule has 0 atom stereocenters. The van der Waals surface area contributed by atoms with Gasteiger partial charge in [-0.05, 0) is 38.0 Å². The molecule has 110 valence electrons. The van der Waals surface area contributed by atoms with Crippen LogP contribution in [0.4, 0.5) is 10.1 Å². The first kappa shape index (κ1) is 15.4. The Hall–Kier alpha value is -0.980. The van der Waals surface area contributed by atoms with Crippen molar-refractivity contribution in [2.75, 3.05) is 25.0 Å². The number of nitrogens with zero attached hydrogens (tertiary/aromatic N) is 1. The van der Waals surface area contributed by atoms with Crippen molar-refractivity contribution in [1.82, 2.24) is 4.90 Å². The number of amides is 1. The van der Waals surface area contributed by atoms with Crippen molar-refractivity contribution < 1.29 is 14.3 Å². The number of carbonyl (C=O) groups is 1. The number of likely N-dealkylation sites (tertiary alicyclic amines) is 1. The average Bonchev–Trinajstić information content (AvgIpc) is 2.35. The number of hydrogen-bond donors (Lipinski definition) is 2. The van der Waals surface area contributed by atoms with E-state index in [-0.39, 0.29) is 18.1 Å². The number of anilines is 1. The summed E-state index contributed by atoms with van der Waals surface area (Å²) in [7, 11) is 0. The van der Waals surface area contributed by atoms with Gasteiger partial charge in [-0.15, -0.1) is 0 Å². The highest BCUT2D eigenvalue weighted by Crippen LogP contribution is 2.22. The molecule has 0 unspecified atom stereocenters. The number of carbonyl (C=O) groups excluding carboxylic acids is 1. The fraction of sp³-hybridized carbons (Fsp3) is 0.500. The van der Waals surface area contributed by atoms with Crippen LogP contribution in [0.1, 0.15) is 19.8 Å². The monoisotopic (exact) mass is 344 g/mol. The molecular formula is C14H18BrFN2O2. The van der Waals surface area contributed by atoms with Gasteiger partial charge in [0.2, 0.25) is 5.91 Å².